The smallest absolute Gasteiger partial charge is 0.265 e. The Kier molecular flexibility index (Phi) is 9.17. The maximum Gasteiger partial charge on any atom is 0.265 e. The molecule has 0 bridgehead atoms. The van der Waals surface area contributed by atoms with Crippen molar-refractivity contribution < 1.29 is 27.4 Å². The van der Waals surface area contributed by atoms with Gasteiger partial charge in [-0.05, 0) is 80.3 Å². The van der Waals surface area contributed by atoms with E-state index >= 15 is 0 Å². The van der Waals surface area contributed by atoms with Crippen LogP contribution in [-0.4, -0.2) is 42.2 Å². The molecular weight excluding hydrogens is 528 g/mol. The average molecular weight is 561 g/mol. The van der Waals surface area contributed by atoms with Crippen LogP contribution in [0.25, 0.3) is 0 Å². The first-order chi connectivity index (χ1) is 17.9. The lowest BCUT2D eigenvalue weighted by Gasteiger charge is -2.27. The van der Waals surface area contributed by atoms with Crippen molar-refractivity contribution in [3.8, 4) is 17.2 Å². The van der Waals surface area contributed by atoms with Gasteiger partial charge in [0.2, 0.25) is 5.91 Å². The normalized spacial score (nSPS) is 12.0. The molecule has 0 saturated carbocycles. The Morgan fingerprint density at radius 1 is 0.868 bits per heavy atom. The number of anilines is 1. The molecule has 8 nitrogen and oxygen atoms in total. The summed E-state index contributed by atoms with van der Waals surface area (Å²) >= 11 is 6.23. The van der Waals surface area contributed by atoms with Gasteiger partial charge in [0.05, 0.1) is 38.0 Å². The molecule has 204 valence electrons. The summed E-state index contributed by atoms with van der Waals surface area (Å²) in [6.45, 7) is 7.37. The highest BCUT2D eigenvalue weighted by Gasteiger charge is 2.31. The number of nitrogens with one attached hydrogen (secondary N) is 1. The van der Waals surface area contributed by atoms with Gasteiger partial charge in [0.15, 0.2) is 11.5 Å². The average Bonchev–Trinajstić information content (AvgIpc) is 2.88. The van der Waals surface area contributed by atoms with E-state index in [2.05, 4.69) is 11.4 Å². The number of sulfonamides is 1. The molecular formula is C28H33ClN2O6S. The van der Waals surface area contributed by atoms with Crippen LogP contribution < -0.4 is 23.8 Å². The second-order valence-electron chi connectivity index (χ2n) is 8.93. The molecule has 1 atom stereocenters. The molecule has 0 heterocycles. The monoisotopic (exact) mass is 560 g/mol. The first-order valence-corrected chi connectivity index (χ1v) is 13.7. The zero-order chi connectivity index (χ0) is 28.2. The van der Waals surface area contributed by atoms with Gasteiger partial charge in [0, 0.05) is 11.1 Å². The zero-order valence-corrected chi connectivity index (χ0v) is 24.2. The molecule has 10 heteroatoms. The predicted molar refractivity (Wildman–Crippen MR) is 149 cm³/mol. The summed E-state index contributed by atoms with van der Waals surface area (Å²) in [6.07, 6.45) is 0. The number of nitrogens with zero attached hydrogens (tertiary/aromatic N) is 1. The highest BCUT2D eigenvalue weighted by Crippen LogP contribution is 2.37. The summed E-state index contributed by atoms with van der Waals surface area (Å²) in [6, 6.07) is 12.5. The van der Waals surface area contributed by atoms with Gasteiger partial charge in [0.1, 0.15) is 12.3 Å². The fraction of sp³-hybridized carbons (Fsp3) is 0.321. The number of rotatable bonds is 10. The summed E-state index contributed by atoms with van der Waals surface area (Å²) in [5.74, 6) is 0.342. The van der Waals surface area contributed by atoms with E-state index in [1.165, 1.54) is 45.6 Å². The third-order valence-corrected chi connectivity index (χ3v) is 8.36. The minimum absolute atomic E-state index is 0.0944. The molecule has 0 unspecified atom stereocenters. The van der Waals surface area contributed by atoms with Crippen molar-refractivity contribution in [1.29, 1.82) is 0 Å². The van der Waals surface area contributed by atoms with Gasteiger partial charge in [-0.25, -0.2) is 8.42 Å². The number of hydrogen-bond donors (Lipinski definition) is 1. The molecule has 0 saturated heterocycles. The number of amides is 1. The Balaban J connectivity index is 2.04. The van der Waals surface area contributed by atoms with Gasteiger partial charge < -0.3 is 19.5 Å². The Morgan fingerprint density at radius 3 is 2.11 bits per heavy atom. The molecule has 0 radical (unpaired) electrons. The molecule has 0 aliphatic heterocycles. The largest absolute Gasteiger partial charge is 0.495 e. The Labute approximate surface area is 229 Å². The van der Waals surface area contributed by atoms with Crippen molar-refractivity contribution in [2.45, 2.75) is 38.6 Å². The molecule has 3 aromatic rings. The van der Waals surface area contributed by atoms with E-state index in [-0.39, 0.29) is 33.1 Å². The van der Waals surface area contributed by atoms with Crippen molar-refractivity contribution in [3.05, 3.63) is 75.8 Å². The zero-order valence-electron chi connectivity index (χ0n) is 22.6. The van der Waals surface area contributed by atoms with Crippen LogP contribution in [0.2, 0.25) is 5.02 Å². The Bertz CT molecular complexity index is 1440. The van der Waals surface area contributed by atoms with E-state index in [0.29, 0.717) is 5.75 Å². The number of aryl methyl sites for hydroxylation is 3. The molecule has 0 fully saturated rings. The van der Waals surface area contributed by atoms with Crippen LogP contribution in [0.3, 0.4) is 0 Å². The quantitative estimate of drug-likeness (QED) is 0.358. The van der Waals surface area contributed by atoms with Gasteiger partial charge in [0.25, 0.3) is 10.0 Å². The summed E-state index contributed by atoms with van der Waals surface area (Å²) in [5, 5.41) is 3.22. The van der Waals surface area contributed by atoms with Crippen molar-refractivity contribution in [3.63, 3.8) is 0 Å². The lowest BCUT2D eigenvalue weighted by Crippen LogP contribution is -2.41. The molecule has 1 N–H and O–H groups in total. The van der Waals surface area contributed by atoms with E-state index < -0.39 is 22.5 Å². The fourth-order valence-corrected chi connectivity index (χ4v) is 5.81. The van der Waals surface area contributed by atoms with Gasteiger partial charge in [-0.1, -0.05) is 23.7 Å². The minimum Gasteiger partial charge on any atom is -0.495 e. The second kappa shape index (κ2) is 12.0. The van der Waals surface area contributed by atoms with Crippen molar-refractivity contribution >= 4 is 33.2 Å². The van der Waals surface area contributed by atoms with Crippen LogP contribution >= 0.6 is 11.6 Å². The lowest BCUT2D eigenvalue weighted by molar-refractivity contribution is -0.120. The van der Waals surface area contributed by atoms with Crippen molar-refractivity contribution in [1.82, 2.24) is 5.32 Å². The molecule has 0 aromatic heterocycles. The number of benzene rings is 3. The number of methoxy groups -OCH3 is 3. The first-order valence-electron chi connectivity index (χ1n) is 11.9. The highest BCUT2D eigenvalue weighted by molar-refractivity contribution is 7.92. The first kappa shape index (κ1) is 29.1. The van der Waals surface area contributed by atoms with E-state index in [1.807, 2.05) is 33.8 Å². The summed E-state index contributed by atoms with van der Waals surface area (Å²) in [7, 11) is 0.00513. The highest BCUT2D eigenvalue weighted by atomic mass is 35.5. The number of carbonyl (C=O) groups excluding carboxylic acids is 1. The lowest BCUT2D eigenvalue weighted by atomic mass is 9.96. The van der Waals surface area contributed by atoms with Crippen LogP contribution in [0.5, 0.6) is 17.2 Å². The van der Waals surface area contributed by atoms with Crippen LogP contribution in [0, 0.1) is 20.8 Å². The molecule has 0 aliphatic rings. The predicted octanol–water partition coefficient (Wildman–Crippen LogP) is 5.36. The van der Waals surface area contributed by atoms with Gasteiger partial charge in [-0.15, -0.1) is 0 Å². The summed E-state index contributed by atoms with van der Waals surface area (Å²) in [4.78, 5) is 13.2. The maximum atomic E-state index is 14.0. The van der Waals surface area contributed by atoms with Gasteiger partial charge in [-0.3, -0.25) is 9.10 Å². The minimum atomic E-state index is -4.28. The SMILES string of the molecule is COc1ccc(S(=O)(=O)N(CC(=O)N[C@H](C)c2cc(C)c(C)cc2C)c2cc(Cl)ccc2OC)cc1OC. The topological polar surface area (TPSA) is 94.2 Å². The molecule has 0 aliphatic carbocycles. The third-order valence-electron chi connectivity index (χ3n) is 6.37. The molecule has 0 spiro atoms. The number of ether oxygens (including phenoxy) is 3. The number of carbonyl (C=O) groups is 1. The maximum absolute atomic E-state index is 14.0. The number of halogens is 1. The van der Waals surface area contributed by atoms with Crippen LogP contribution in [0.15, 0.2) is 53.4 Å². The van der Waals surface area contributed by atoms with Crippen molar-refractivity contribution in [2.75, 3.05) is 32.2 Å². The van der Waals surface area contributed by atoms with E-state index in [1.54, 1.807) is 12.1 Å². The Hall–Kier alpha value is -3.43. The Morgan fingerprint density at radius 2 is 1.47 bits per heavy atom. The summed E-state index contributed by atoms with van der Waals surface area (Å²) < 4.78 is 44.9. The van der Waals surface area contributed by atoms with Crippen LogP contribution in [0.4, 0.5) is 5.69 Å². The summed E-state index contributed by atoms with van der Waals surface area (Å²) in [5.41, 5.74) is 4.38. The van der Waals surface area contributed by atoms with E-state index in [4.69, 9.17) is 25.8 Å². The van der Waals surface area contributed by atoms with Crippen LogP contribution in [-0.2, 0) is 14.8 Å². The molecule has 38 heavy (non-hydrogen) atoms. The van der Waals surface area contributed by atoms with E-state index in [0.717, 1.165) is 26.6 Å². The van der Waals surface area contributed by atoms with E-state index in [9.17, 15) is 13.2 Å². The van der Waals surface area contributed by atoms with Crippen molar-refractivity contribution in [2.24, 2.45) is 0 Å². The van der Waals surface area contributed by atoms with Gasteiger partial charge >= 0.3 is 0 Å². The molecule has 3 aromatic carbocycles. The third kappa shape index (κ3) is 6.16. The van der Waals surface area contributed by atoms with Crippen LogP contribution in [0.1, 0.15) is 35.2 Å². The number of hydrogen-bond acceptors (Lipinski definition) is 6. The molecule has 1 amide bonds. The van der Waals surface area contributed by atoms with Gasteiger partial charge in [-0.2, -0.15) is 0 Å². The second-order valence-corrected chi connectivity index (χ2v) is 11.2. The molecule has 3 rings (SSSR count). The standard InChI is InChI=1S/C28H33ClN2O6S/c1-17-12-19(3)23(13-18(17)2)20(4)30-28(32)16-31(24-14-21(29)8-10-25(24)35-5)38(33,34)22-9-11-26(36-6)27(15-22)37-7/h8-15,20H,16H2,1-7H3,(H,30,32)/t20-/m1/s1. The fourth-order valence-electron chi connectivity index (χ4n) is 4.21.